The quantitative estimate of drug-likeness (QED) is 0.661. The first-order chi connectivity index (χ1) is 7.99. The third-order valence-corrected chi connectivity index (χ3v) is 6.07. The van der Waals surface area contributed by atoms with Crippen LogP contribution in [-0.2, 0) is 10.0 Å². The first-order valence-corrected chi connectivity index (χ1v) is 8.45. The van der Waals surface area contributed by atoms with Crippen LogP contribution in [0.2, 0.25) is 0 Å². The lowest BCUT2D eigenvalue weighted by atomic mass is 10.2. The Bertz CT molecular complexity index is 484. The predicted molar refractivity (Wildman–Crippen MR) is 76.9 cm³/mol. The summed E-state index contributed by atoms with van der Waals surface area (Å²) in [5.41, 5.74) is 1.07. The van der Waals surface area contributed by atoms with Crippen molar-refractivity contribution in [1.82, 2.24) is 4.72 Å². The molecule has 1 saturated carbocycles. The second-order valence-corrected chi connectivity index (χ2v) is 7.80. The molecule has 17 heavy (non-hydrogen) atoms. The number of hydrogen-bond donors (Lipinski definition) is 1. The van der Waals surface area contributed by atoms with E-state index in [4.69, 9.17) is 0 Å². The van der Waals surface area contributed by atoms with Crippen molar-refractivity contribution in [2.24, 2.45) is 0 Å². The molecule has 5 heteroatoms. The van der Waals surface area contributed by atoms with Crippen molar-refractivity contribution in [3.05, 3.63) is 29.8 Å². The van der Waals surface area contributed by atoms with Gasteiger partial charge in [0.2, 0.25) is 10.0 Å². The predicted octanol–water partition coefficient (Wildman–Crippen LogP) is 2.63. The van der Waals surface area contributed by atoms with E-state index in [0.717, 1.165) is 24.8 Å². The molecule has 1 aliphatic carbocycles. The van der Waals surface area contributed by atoms with E-state index in [9.17, 15) is 8.42 Å². The van der Waals surface area contributed by atoms with Crippen LogP contribution >= 0.6 is 22.6 Å². The number of benzene rings is 1. The van der Waals surface area contributed by atoms with Crippen LogP contribution in [0.5, 0.6) is 0 Å². The van der Waals surface area contributed by atoms with Gasteiger partial charge in [0.05, 0.1) is 4.90 Å². The number of nitrogens with one attached hydrogen (secondary N) is 1. The molecule has 0 aromatic heterocycles. The van der Waals surface area contributed by atoms with E-state index in [1.165, 1.54) is 0 Å². The van der Waals surface area contributed by atoms with Crippen LogP contribution in [0.4, 0.5) is 0 Å². The average Bonchev–Trinajstić information content (AvgIpc) is 2.64. The second kappa shape index (κ2) is 5.24. The fourth-order valence-corrected chi connectivity index (χ4v) is 4.57. The zero-order valence-corrected chi connectivity index (χ0v) is 12.7. The Morgan fingerprint density at radius 2 is 1.88 bits per heavy atom. The smallest absolute Gasteiger partial charge is 0.207 e. The van der Waals surface area contributed by atoms with Gasteiger partial charge in [0.1, 0.15) is 0 Å². The molecule has 1 aromatic carbocycles. The Labute approximate surface area is 116 Å². The van der Waals surface area contributed by atoms with Gasteiger partial charge < -0.3 is 0 Å². The number of rotatable bonds is 3. The molecule has 3 nitrogen and oxygen atoms in total. The van der Waals surface area contributed by atoms with E-state index in [0.29, 0.717) is 8.82 Å². The molecule has 0 saturated heterocycles. The van der Waals surface area contributed by atoms with Gasteiger partial charge >= 0.3 is 0 Å². The standard InChI is InChI=1S/C12H16INO2S/c1-9-5-7-10(8-6-9)17(15,16)14-12-4-2-3-11(12)13/h5-8,11-12,14H,2-4H2,1H3/t11-,12-/m1/s1. The second-order valence-electron chi connectivity index (χ2n) is 4.49. The number of hydrogen-bond acceptors (Lipinski definition) is 2. The summed E-state index contributed by atoms with van der Waals surface area (Å²) in [5.74, 6) is 0. The lowest BCUT2D eigenvalue weighted by molar-refractivity contribution is 0.557. The van der Waals surface area contributed by atoms with Crippen molar-refractivity contribution in [1.29, 1.82) is 0 Å². The van der Waals surface area contributed by atoms with Crippen molar-refractivity contribution >= 4 is 32.6 Å². The Hall–Kier alpha value is -0.140. The maximum Gasteiger partial charge on any atom is 0.240 e. The monoisotopic (exact) mass is 365 g/mol. The molecule has 2 rings (SSSR count). The van der Waals surface area contributed by atoms with Crippen molar-refractivity contribution in [3.8, 4) is 0 Å². The lowest BCUT2D eigenvalue weighted by Crippen LogP contribution is -2.37. The highest BCUT2D eigenvalue weighted by molar-refractivity contribution is 14.1. The molecule has 0 bridgehead atoms. The number of alkyl halides is 1. The van der Waals surface area contributed by atoms with Crippen LogP contribution < -0.4 is 4.72 Å². The van der Waals surface area contributed by atoms with Gasteiger partial charge in [-0.15, -0.1) is 0 Å². The molecule has 94 valence electrons. The van der Waals surface area contributed by atoms with Gasteiger partial charge in [-0.1, -0.05) is 46.7 Å². The Morgan fingerprint density at radius 3 is 2.41 bits per heavy atom. The summed E-state index contributed by atoms with van der Waals surface area (Å²) >= 11 is 2.33. The average molecular weight is 365 g/mol. The van der Waals surface area contributed by atoms with Crippen molar-refractivity contribution in [3.63, 3.8) is 0 Å². The fraction of sp³-hybridized carbons (Fsp3) is 0.500. The van der Waals surface area contributed by atoms with Gasteiger partial charge in [-0.2, -0.15) is 0 Å². The molecule has 0 heterocycles. The Kier molecular flexibility index (Phi) is 4.10. The molecule has 1 fully saturated rings. The number of halogens is 1. The zero-order valence-electron chi connectivity index (χ0n) is 9.69. The highest BCUT2D eigenvalue weighted by Crippen LogP contribution is 2.27. The summed E-state index contributed by atoms with van der Waals surface area (Å²) in [4.78, 5) is 0.360. The van der Waals surface area contributed by atoms with E-state index < -0.39 is 10.0 Å². The summed E-state index contributed by atoms with van der Waals surface area (Å²) in [6.45, 7) is 1.95. The van der Waals surface area contributed by atoms with Crippen LogP contribution in [-0.4, -0.2) is 18.4 Å². The molecule has 1 aromatic rings. The molecule has 0 aliphatic heterocycles. The Balaban J connectivity index is 2.16. The van der Waals surface area contributed by atoms with Gasteiger partial charge in [0.25, 0.3) is 0 Å². The van der Waals surface area contributed by atoms with Gasteiger partial charge in [-0.05, 0) is 31.9 Å². The zero-order chi connectivity index (χ0) is 12.5. The fourth-order valence-electron chi connectivity index (χ4n) is 2.03. The van der Waals surface area contributed by atoms with Gasteiger partial charge in [-0.25, -0.2) is 13.1 Å². The molecule has 0 unspecified atom stereocenters. The summed E-state index contributed by atoms with van der Waals surface area (Å²) in [6.07, 6.45) is 3.15. The van der Waals surface area contributed by atoms with Gasteiger partial charge in [0, 0.05) is 9.97 Å². The van der Waals surface area contributed by atoms with E-state index in [1.807, 2.05) is 19.1 Å². The highest BCUT2D eigenvalue weighted by Gasteiger charge is 2.29. The minimum atomic E-state index is -3.35. The minimum absolute atomic E-state index is 0.0851. The van der Waals surface area contributed by atoms with E-state index in [1.54, 1.807) is 12.1 Å². The van der Waals surface area contributed by atoms with E-state index in [2.05, 4.69) is 27.3 Å². The van der Waals surface area contributed by atoms with Gasteiger partial charge in [-0.3, -0.25) is 0 Å². The third kappa shape index (κ3) is 3.20. The van der Waals surface area contributed by atoms with Crippen molar-refractivity contribution in [2.45, 2.75) is 41.0 Å². The van der Waals surface area contributed by atoms with E-state index >= 15 is 0 Å². The summed E-state index contributed by atoms with van der Waals surface area (Å²) < 4.78 is 27.5. The molecule has 0 amide bonds. The number of sulfonamides is 1. The van der Waals surface area contributed by atoms with Crippen molar-refractivity contribution in [2.75, 3.05) is 0 Å². The number of aryl methyl sites for hydroxylation is 1. The first kappa shape index (κ1) is 13.3. The highest BCUT2D eigenvalue weighted by atomic mass is 127. The van der Waals surface area contributed by atoms with Crippen LogP contribution in [0.25, 0.3) is 0 Å². The first-order valence-electron chi connectivity index (χ1n) is 5.72. The van der Waals surface area contributed by atoms with Crippen LogP contribution in [0.15, 0.2) is 29.2 Å². The molecule has 0 spiro atoms. The topological polar surface area (TPSA) is 46.2 Å². The summed E-state index contributed by atoms with van der Waals surface area (Å²) in [5, 5.41) is 0. The minimum Gasteiger partial charge on any atom is -0.207 e. The third-order valence-electron chi connectivity index (χ3n) is 3.07. The maximum atomic E-state index is 12.1. The van der Waals surface area contributed by atoms with Crippen LogP contribution in [0, 0.1) is 6.92 Å². The maximum absolute atomic E-state index is 12.1. The molecular weight excluding hydrogens is 349 g/mol. The molecular formula is C12H16INO2S. The normalized spacial score (nSPS) is 25.1. The lowest BCUT2D eigenvalue weighted by Gasteiger charge is -2.16. The van der Waals surface area contributed by atoms with E-state index in [-0.39, 0.29) is 6.04 Å². The summed E-state index contributed by atoms with van der Waals surface area (Å²) in [7, 11) is -3.35. The van der Waals surface area contributed by atoms with Crippen molar-refractivity contribution < 1.29 is 8.42 Å². The van der Waals surface area contributed by atoms with Gasteiger partial charge in [0.15, 0.2) is 0 Å². The molecule has 1 aliphatic rings. The SMILES string of the molecule is Cc1ccc(S(=O)(=O)N[C@@H]2CCC[C@H]2I)cc1. The van der Waals surface area contributed by atoms with Crippen LogP contribution in [0.3, 0.4) is 0 Å². The molecule has 2 atom stereocenters. The summed E-state index contributed by atoms with van der Waals surface area (Å²) in [6, 6.07) is 7.06. The Morgan fingerprint density at radius 1 is 1.24 bits per heavy atom. The molecule has 1 N–H and O–H groups in total. The van der Waals surface area contributed by atoms with Crippen LogP contribution in [0.1, 0.15) is 24.8 Å². The molecule has 0 radical (unpaired) electrons. The largest absolute Gasteiger partial charge is 0.240 e.